The fourth-order valence-corrected chi connectivity index (χ4v) is 2.74. The molecule has 1 aliphatic rings. The minimum atomic E-state index is 0.221. The van der Waals surface area contributed by atoms with Crippen molar-refractivity contribution in [3.8, 4) is 5.75 Å². The van der Waals surface area contributed by atoms with Crippen LogP contribution in [0.2, 0.25) is 5.02 Å². The lowest BCUT2D eigenvalue weighted by Crippen LogP contribution is -2.30. The maximum absolute atomic E-state index is 6.17. The van der Waals surface area contributed by atoms with E-state index < -0.39 is 0 Å². The molecule has 1 N–H and O–H groups in total. The molecule has 0 fully saturated rings. The van der Waals surface area contributed by atoms with Gasteiger partial charge in [-0.2, -0.15) is 0 Å². The standard InChI is InChI=1S/C16H24ClNO2/c1-16(2,5-7-19-3)11-18-10-13-9-14(17)8-12-4-6-20-15(12)13/h8-9,18H,4-7,10-11H2,1-3H3. The summed E-state index contributed by atoms with van der Waals surface area (Å²) in [6.07, 6.45) is 2.00. The molecule has 0 aromatic heterocycles. The molecule has 1 aliphatic heterocycles. The Hall–Kier alpha value is -0.770. The number of nitrogens with one attached hydrogen (secondary N) is 1. The molecule has 0 radical (unpaired) electrons. The van der Waals surface area contributed by atoms with Crippen LogP contribution in [0.4, 0.5) is 0 Å². The van der Waals surface area contributed by atoms with Crippen LogP contribution in [0.3, 0.4) is 0 Å². The summed E-state index contributed by atoms with van der Waals surface area (Å²) in [4.78, 5) is 0. The normalized spacial score (nSPS) is 14.2. The number of hydrogen-bond donors (Lipinski definition) is 1. The van der Waals surface area contributed by atoms with Crippen molar-refractivity contribution in [2.24, 2.45) is 5.41 Å². The minimum absolute atomic E-state index is 0.221. The smallest absolute Gasteiger partial charge is 0.127 e. The maximum Gasteiger partial charge on any atom is 0.127 e. The third kappa shape index (κ3) is 4.11. The number of rotatable bonds is 7. The summed E-state index contributed by atoms with van der Waals surface area (Å²) in [6, 6.07) is 4.01. The second kappa shape index (κ2) is 6.79. The molecule has 3 nitrogen and oxygen atoms in total. The van der Waals surface area contributed by atoms with Gasteiger partial charge >= 0.3 is 0 Å². The minimum Gasteiger partial charge on any atom is -0.493 e. The summed E-state index contributed by atoms with van der Waals surface area (Å²) in [6.45, 7) is 7.79. The van der Waals surface area contributed by atoms with Gasteiger partial charge in [0, 0.05) is 43.8 Å². The fourth-order valence-electron chi connectivity index (χ4n) is 2.48. The van der Waals surface area contributed by atoms with Gasteiger partial charge < -0.3 is 14.8 Å². The molecule has 0 aliphatic carbocycles. The van der Waals surface area contributed by atoms with Gasteiger partial charge in [-0.05, 0) is 29.5 Å². The molecule has 0 spiro atoms. The molecule has 0 saturated carbocycles. The average Bonchev–Trinajstić information content (AvgIpc) is 2.84. The van der Waals surface area contributed by atoms with Crippen molar-refractivity contribution in [1.82, 2.24) is 5.32 Å². The summed E-state index contributed by atoms with van der Waals surface area (Å²) in [7, 11) is 1.75. The summed E-state index contributed by atoms with van der Waals surface area (Å²) in [5.74, 6) is 1.02. The van der Waals surface area contributed by atoms with E-state index in [1.807, 2.05) is 12.1 Å². The van der Waals surface area contributed by atoms with E-state index in [1.54, 1.807) is 7.11 Å². The first-order valence-electron chi connectivity index (χ1n) is 7.15. The predicted molar refractivity (Wildman–Crippen MR) is 82.6 cm³/mol. The first kappa shape index (κ1) is 15.6. The molecule has 4 heteroatoms. The van der Waals surface area contributed by atoms with E-state index in [0.29, 0.717) is 0 Å². The topological polar surface area (TPSA) is 30.5 Å². The number of fused-ring (bicyclic) bond motifs is 1. The third-order valence-electron chi connectivity index (χ3n) is 3.73. The van der Waals surface area contributed by atoms with E-state index in [1.165, 1.54) is 5.56 Å². The van der Waals surface area contributed by atoms with E-state index in [4.69, 9.17) is 21.1 Å². The Bertz CT molecular complexity index is 460. The van der Waals surface area contributed by atoms with Crippen molar-refractivity contribution in [3.63, 3.8) is 0 Å². The van der Waals surface area contributed by atoms with E-state index >= 15 is 0 Å². The van der Waals surface area contributed by atoms with Crippen LogP contribution in [0.5, 0.6) is 5.75 Å². The Morgan fingerprint density at radius 2 is 2.20 bits per heavy atom. The van der Waals surface area contributed by atoms with Crippen LogP contribution in [-0.4, -0.2) is 26.9 Å². The Morgan fingerprint density at radius 3 is 2.95 bits per heavy atom. The molecule has 0 saturated heterocycles. The van der Waals surface area contributed by atoms with Crippen molar-refractivity contribution in [2.45, 2.75) is 33.2 Å². The van der Waals surface area contributed by atoms with E-state index in [2.05, 4.69) is 19.2 Å². The average molecular weight is 298 g/mol. The van der Waals surface area contributed by atoms with Gasteiger partial charge in [0.1, 0.15) is 5.75 Å². The molecule has 0 bridgehead atoms. The second-order valence-electron chi connectivity index (χ2n) is 6.16. The van der Waals surface area contributed by atoms with E-state index in [0.717, 1.165) is 55.5 Å². The molecular formula is C16H24ClNO2. The highest BCUT2D eigenvalue weighted by molar-refractivity contribution is 6.30. The molecule has 1 aromatic carbocycles. The SMILES string of the molecule is COCCC(C)(C)CNCc1cc(Cl)cc2c1OCC2. The van der Waals surface area contributed by atoms with Gasteiger partial charge in [0.25, 0.3) is 0 Å². The van der Waals surface area contributed by atoms with Gasteiger partial charge in [0.2, 0.25) is 0 Å². The van der Waals surface area contributed by atoms with Gasteiger partial charge in [-0.15, -0.1) is 0 Å². The van der Waals surface area contributed by atoms with Crippen molar-refractivity contribution < 1.29 is 9.47 Å². The maximum atomic E-state index is 6.17. The largest absolute Gasteiger partial charge is 0.493 e. The van der Waals surface area contributed by atoms with Gasteiger partial charge in [0.15, 0.2) is 0 Å². The molecule has 1 heterocycles. The molecule has 1 aromatic rings. The number of halogens is 1. The molecule has 0 atom stereocenters. The first-order chi connectivity index (χ1) is 9.52. The monoisotopic (exact) mass is 297 g/mol. The van der Waals surface area contributed by atoms with Crippen LogP contribution >= 0.6 is 11.6 Å². The highest BCUT2D eigenvalue weighted by Gasteiger charge is 2.20. The fraction of sp³-hybridized carbons (Fsp3) is 0.625. The molecule has 2 rings (SSSR count). The zero-order valence-corrected chi connectivity index (χ0v) is 13.3. The van der Waals surface area contributed by atoms with Gasteiger partial charge in [-0.25, -0.2) is 0 Å². The molecule has 20 heavy (non-hydrogen) atoms. The van der Waals surface area contributed by atoms with Gasteiger partial charge in [0.05, 0.1) is 6.61 Å². The lowest BCUT2D eigenvalue weighted by Gasteiger charge is -2.25. The Morgan fingerprint density at radius 1 is 1.40 bits per heavy atom. The van der Waals surface area contributed by atoms with Crippen LogP contribution in [0, 0.1) is 5.41 Å². The Labute approximate surface area is 126 Å². The number of hydrogen-bond acceptors (Lipinski definition) is 3. The second-order valence-corrected chi connectivity index (χ2v) is 6.60. The van der Waals surface area contributed by atoms with E-state index in [-0.39, 0.29) is 5.41 Å². The van der Waals surface area contributed by atoms with Crippen LogP contribution in [-0.2, 0) is 17.7 Å². The number of ether oxygens (including phenoxy) is 2. The van der Waals surface area contributed by atoms with Crippen LogP contribution < -0.4 is 10.1 Å². The zero-order chi connectivity index (χ0) is 14.6. The summed E-state index contributed by atoms with van der Waals surface area (Å²) < 4.78 is 10.9. The number of benzene rings is 1. The highest BCUT2D eigenvalue weighted by atomic mass is 35.5. The molecular weight excluding hydrogens is 274 g/mol. The van der Waals surface area contributed by atoms with Gasteiger partial charge in [-0.3, -0.25) is 0 Å². The zero-order valence-electron chi connectivity index (χ0n) is 12.6. The van der Waals surface area contributed by atoms with Crippen molar-refractivity contribution >= 4 is 11.6 Å². The summed E-state index contributed by atoms with van der Waals surface area (Å²) >= 11 is 6.17. The number of methoxy groups -OCH3 is 1. The molecule has 0 amide bonds. The Balaban J connectivity index is 1.92. The van der Waals surface area contributed by atoms with Crippen molar-refractivity contribution in [2.75, 3.05) is 26.9 Å². The molecule has 112 valence electrons. The summed E-state index contributed by atoms with van der Waals surface area (Å²) in [5.41, 5.74) is 2.61. The lowest BCUT2D eigenvalue weighted by molar-refractivity contribution is 0.150. The van der Waals surface area contributed by atoms with Crippen molar-refractivity contribution in [1.29, 1.82) is 0 Å². The summed E-state index contributed by atoms with van der Waals surface area (Å²) in [5, 5.41) is 4.31. The van der Waals surface area contributed by atoms with Crippen LogP contribution in [0.15, 0.2) is 12.1 Å². The third-order valence-corrected chi connectivity index (χ3v) is 3.95. The first-order valence-corrected chi connectivity index (χ1v) is 7.53. The quantitative estimate of drug-likeness (QED) is 0.836. The van der Waals surface area contributed by atoms with Crippen LogP contribution in [0.1, 0.15) is 31.4 Å². The Kier molecular flexibility index (Phi) is 5.30. The predicted octanol–water partition coefficient (Wildman–Crippen LogP) is 3.43. The molecule has 0 unspecified atom stereocenters. The highest BCUT2D eigenvalue weighted by Crippen LogP contribution is 2.32. The van der Waals surface area contributed by atoms with Gasteiger partial charge in [-0.1, -0.05) is 25.4 Å². The van der Waals surface area contributed by atoms with E-state index in [9.17, 15) is 0 Å². The lowest BCUT2D eigenvalue weighted by atomic mass is 9.89. The van der Waals surface area contributed by atoms with Crippen LogP contribution in [0.25, 0.3) is 0 Å². The van der Waals surface area contributed by atoms with Crippen molar-refractivity contribution in [3.05, 3.63) is 28.3 Å².